The van der Waals surface area contributed by atoms with E-state index >= 15 is 0 Å². The Morgan fingerprint density at radius 3 is 1.96 bits per heavy atom. The Bertz CT molecular complexity index is 819. The van der Waals surface area contributed by atoms with Crippen LogP contribution >= 0.6 is 0 Å². The van der Waals surface area contributed by atoms with Gasteiger partial charge in [-0.15, -0.1) is 0 Å². The molecule has 0 amide bonds. The van der Waals surface area contributed by atoms with E-state index in [0.717, 1.165) is 5.56 Å². The van der Waals surface area contributed by atoms with Crippen molar-refractivity contribution in [2.45, 2.75) is 19.0 Å². The van der Waals surface area contributed by atoms with E-state index in [1.54, 1.807) is 0 Å². The molecule has 0 aliphatic carbocycles. The molecule has 0 heterocycles. The van der Waals surface area contributed by atoms with Crippen molar-refractivity contribution in [3.63, 3.8) is 0 Å². The van der Waals surface area contributed by atoms with Crippen molar-refractivity contribution in [1.82, 2.24) is 5.32 Å². The van der Waals surface area contributed by atoms with E-state index in [2.05, 4.69) is 60.8 Å². The summed E-state index contributed by atoms with van der Waals surface area (Å²) >= 11 is 0. The quantitative estimate of drug-likeness (QED) is 0.719. The summed E-state index contributed by atoms with van der Waals surface area (Å²) in [4.78, 5) is 0. The maximum atomic E-state index is 9.20. The average molecular weight is 312 g/mol. The fourth-order valence-electron chi connectivity index (χ4n) is 2.91. The summed E-state index contributed by atoms with van der Waals surface area (Å²) < 4.78 is 0. The number of rotatable bonds is 5. The fraction of sp³-hybridized carbons (Fsp3) is 0.136. The second kappa shape index (κ2) is 7.59. The van der Waals surface area contributed by atoms with Crippen molar-refractivity contribution < 1.29 is 0 Å². The monoisotopic (exact) mass is 312 g/mol. The van der Waals surface area contributed by atoms with Gasteiger partial charge in [-0.2, -0.15) is 5.26 Å². The minimum atomic E-state index is 0.0368. The molecule has 2 nitrogen and oxygen atoms in total. The largest absolute Gasteiger partial charge is 0.300 e. The number of hydrogen-bond donors (Lipinski definition) is 1. The Kier molecular flexibility index (Phi) is 5.05. The first-order valence-corrected chi connectivity index (χ1v) is 8.14. The van der Waals surface area contributed by atoms with Crippen LogP contribution in [-0.2, 0) is 0 Å². The highest BCUT2D eigenvalue weighted by atomic mass is 14.9. The highest BCUT2D eigenvalue weighted by Gasteiger charge is 2.17. The van der Waals surface area contributed by atoms with Crippen molar-refractivity contribution in [2.75, 3.05) is 0 Å². The van der Waals surface area contributed by atoms with Gasteiger partial charge in [-0.3, -0.25) is 5.32 Å². The molecule has 2 heteroatoms. The second-order valence-electron chi connectivity index (χ2n) is 5.88. The van der Waals surface area contributed by atoms with E-state index in [1.165, 1.54) is 11.1 Å². The molecule has 0 aliphatic heterocycles. The fourth-order valence-corrected chi connectivity index (χ4v) is 2.91. The Labute approximate surface area is 143 Å². The predicted molar refractivity (Wildman–Crippen MR) is 97.4 cm³/mol. The summed E-state index contributed by atoms with van der Waals surface area (Å²) in [5, 5.41) is 12.9. The van der Waals surface area contributed by atoms with Crippen LogP contribution in [0.3, 0.4) is 0 Å². The maximum Gasteiger partial charge on any atom is 0.0991 e. The summed E-state index contributed by atoms with van der Waals surface area (Å²) in [6.07, 6.45) is 0. The van der Waals surface area contributed by atoms with Gasteiger partial charge in [0.05, 0.1) is 17.7 Å². The topological polar surface area (TPSA) is 35.8 Å². The second-order valence-corrected chi connectivity index (χ2v) is 5.88. The molecule has 1 N–H and O–H groups in total. The van der Waals surface area contributed by atoms with Crippen molar-refractivity contribution in [1.29, 1.82) is 5.26 Å². The maximum absolute atomic E-state index is 9.20. The molecule has 0 radical (unpaired) electrons. The van der Waals surface area contributed by atoms with Crippen molar-refractivity contribution in [3.8, 4) is 6.07 Å². The summed E-state index contributed by atoms with van der Waals surface area (Å²) in [5.74, 6) is 0. The first-order chi connectivity index (χ1) is 11.8. The lowest BCUT2D eigenvalue weighted by Crippen LogP contribution is -2.25. The van der Waals surface area contributed by atoms with E-state index in [9.17, 15) is 5.26 Å². The molecule has 0 spiro atoms. The molecule has 1 unspecified atom stereocenters. The van der Waals surface area contributed by atoms with Gasteiger partial charge in [0.2, 0.25) is 0 Å². The van der Waals surface area contributed by atoms with Crippen molar-refractivity contribution >= 4 is 0 Å². The van der Waals surface area contributed by atoms with Gasteiger partial charge in [0.15, 0.2) is 0 Å². The van der Waals surface area contributed by atoms with Crippen LogP contribution in [-0.4, -0.2) is 0 Å². The molecule has 0 saturated carbocycles. The third-order valence-electron chi connectivity index (χ3n) is 4.20. The van der Waals surface area contributed by atoms with Crippen LogP contribution in [0.4, 0.5) is 0 Å². The molecule has 118 valence electrons. The van der Waals surface area contributed by atoms with E-state index in [-0.39, 0.29) is 12.1 Å². The average Bonchev–Trinajstić information content (AvgIpc) is 2.67. The first kappa shape index (κ1) is 16.0. The number of benzene rings is 3. The van der Waals surface area contributed by atoms with Crippen LogP contribution in [0.1, 0.15) is 41.3 Å². The molecule has 3 aromatic carbocycles. The Morgan fingerprint density at radius 2 is 1.33 bits per heavy atom. The number of hydrogen-bond acceptors (Lipinski definition) is 2. The first-order valence-electron chi connectivity index (χ1n) is 8.14. The van der Waals surface area contributed by atoms with Crippen molar-refractivity contribution in [2.24, 2.45) is 0 Å². The zero-order valence-corrected chi connectivity index (χ0v) is 13.7. The van der Waals surface area contributed by atoms with Crippen LogP contribution in [0.25, 0.3) is 0 Å². The zero-order chi connectivity index (χ0) is 16.8. The predicted octanol–water partition coefficient (Wildman–Crippen LogP) is 5.00. The minimum Gasteiger partial charge on any atom is -0.300 e. The smallest absolute Gasteiger partial charge is 0.0991 e. The van der Waals surface area contributed by atoms with E-state index in [4.69, 9.17) is 0 Å². The molecule has 0 bridgehead atoms. The molecule has 3 aromatic rings. The third-order valence-corrected chi connectivity index (χ3v) is 4.20. The Morgan fingerprint density at radius 1 is 0.750 bits per heavy atom. The van der Waals surface area contributed by atoms with Gasteiger partial charge >= 0.3 is 0 Å². The van der Waals surface area contributed by atoms with E-state index < -0.39 is 0 Å². The number of nitrogens with zero attached hydrogens (tertiary/aromatic N) is 1. The summed E-state index contributed by atoms with van der Waals surface area (Å²) in [7, 11) is 0. The van der Waals surface area contributed by atoms with Gasteiger partial charge in [-0.25, -0.2) is 0 Å². The minimum absolute atomic E-state index is 0.0368. The molecule has 0 saturated heterocycles. The van der Waals surface area contributed by atoms with Crippen molar-refractivity contribution in [3.05, 3.63) is 107 Å². The van der Waals surface area contributed by atoms with Gasteiger partial charge in [-0.1, -0.05) is 72.8 Å². The SMILES string of the molecule is C[C@H](NC(c1ccccc1)c1cccc(C#N)c1)c1ccccc1. The van der Waals surface area contributed by atoms with E-state index in [1.807, 2.05) is 42.5 Å². The van der Waals surface area contributed by atoms with Gasteiger partial charge < -0.3 is 0 Å². The van der Waals surface area contributed by atoms with Crippen LogP contribution < -0.4 is 5.32 Å². The lowest BCUT2D eigenvalue weighted by Gasteiger charge is -2.25. The van der Waals surface area contributed by atoms with Gasteiger partial charge in [-0.05, 0) is 35.7 Å². The Balaban J connectivity index is 1.95. The van der Waals surface area contributed by atoms with Gasteiger partial charge in [0, 0.05) is 6.04 Å². The normalized spacial score (nSPS) is 13.0. The Hall–Kier alpha value is -2.89. The highest BCUT2D eigenvalue weighted by Crippen LogP contribution is 2.26. The molecule has 0 fully saturated rings. The van der Waals surface area contributed by atoms with Crippen LogP contribution in [0.2, 0.25) is 0 Å². The zero-order valence-electron chi connectivity index (χ0n) is 13.7. The molecule has 3 rings (SSSR count). The third kappa shape index (κ3) is 3.71. The van der Waals surface area contributed by atoms with Crippen LogP contribution in [0.15, 0.2) is 84.9 Å². The summed E-state index contributed by atoms with van der Waals surface area (Å²) in [5.41, 5.74) is 4.22. The van der Waals surface area contributed by atoms with Gasteiger partial charge in [0.25, 0.3) is 0 Å². The van der Waals surface area contributed by atoms with E-state index in [0.29, 0.717) is 5.56 Å². The summed E-state index contributed by atoms with van der Waals surface area (Å²) in [6.45, 7) is 2.17. The molecular weight excluding hydrogens is 292 g/mol. The lowest BCUT2D eigenvalue weighted by molar-refractivity contribution is 0.516. The lowest BCUT2D eigenvalue weighted by atomic mass is 9.95. The molecular formula is C22H20N2. The molecule has 0 aliphatic rings. The number of nitriles is 1. The standard InChI is InChI=1S/C22H20N2/c1-17(19-10-4-2-5-11-19)24-22(20-12-6-3-7-13-20)21-14-8-9-18(15-21)16-23/h2-15,17,22,24H,1H3/t17-,22?/m0/s1. The van der Waals surface area contributed by atoms with Gasteiger partial charge in [0.1, 0.15) is 0 Å². The molecule has 2 atom stereocenters. The summed E-state index contributed by atoms with van der Waals surface area (Å²) in [6, 6.07) is 31.0. The highest BCUT2D eigenvalue weighted by molar-refractivity contribution is 5.39. The van der Waals surface area contributed by atoms with Crippen LogP contribution in [0, 0.1) is 11.3 Å². The molecule has 24 heavy (non-hydrogen) atoms. The van der Waals surface area contributed by atoms with Crippen LogP contribution in [0.5, 0.6) is 0 Å². The molecule has 0 aromatic heterocycles. The number of nitrogens with one attached hydrogen (secondary N) is 1.